The number of nitriles is 1. The first kappa shape index (κ1) is 11.8. The molecule has 16 heavy (non-hydrogen) atoms. The number of nitrogens with zero attached hydrogens (tertiary/aromatic N) is 1. The van der Waals surface area contributed by atoms with Crippen LogP contribution in [0.1, 0.15) is 23.2 Å². The number of H-pyrrole nitrogens is 1. The van der Waals surface area contributed by atoms with Gasteiger partial charge in [0, 0.05) is 6.07 Å². The molecule has 7 heteroatoms. The number of carbonyl (C=O) groups is 1. The number of carboxylic acids is 1. The summed E-state index contributed by atoms with van der Waals surface area (Å²) in [5, 5.41) is 17.0. The Bertz CT molecular complexity index is 516. The van der Waals surface area contributed by atoms with Crippen molar-refractivity contribution in [3.8, 4) is 6.07 Å². The van der Waals surface area contributed by atoms with Gasteiger partial charge in [0.05, 0.1) is 12.0 Å². The third-order valence-electron chi connectivity index (χ3n) is 1.84. The summed E-state index contributed by atoms with van der Waals surface area (Å²) in [7, 11) is 0. The van der Waals surface area contributed by atoms with Crippen molar-refractivity contribution in [1.82, 2.24) is 4.98 Å². The molecule has 0 aliphatic heterocycles. The van der Waals surface area contributed by atoms with Crippen LogP contribution in [0.25, 0.3) is 0 Å². The molecule has 0 fully saturated rings. The number of halogens is 2. The molecule has 0 unspecified atom stereocenters. The zero-order valence-electron chi connectivity index (χ0n) is 7.83. The van der Waals surface area contributed by atoms with E-state index in [1.807, 2.05) is 4.98 Å². The molecule has 0 aromatic carbocycles. The number of aromatic amines is 1. The minimum absolute atomic E-state index is 0.345. The van der Waals surface area contributed by atoms with Gasteiger partial charge in [-0.3, -0.25) is 9.59 Å². The Morgan fingerprint density at radius 2 is 2.25 bits per heavy atom. The van der Waals surface area contributed by atoms with Crippen LogP contribution in [0.5, 0.6) is 0 Å². The standard InChI is InChI=1S/C9H6F2N2O3/c10-9(11)8-4(2-7(15)16)1-6(14)13-5(8)3-12/h1,9H,2H2,(H,13,14)(H,15,16). The van der Waals surface area contributed by atoms with E-state index in [4.69, 9.17) is 10.4 Å². The summed E-state index contributed by atoms with van der Waals surface area (Å²) in [6.07, 6.45) is -3.74. The maximum atomic E-state index is 12.6. The Morgan fingerprint density at radius 3 is 2.69 bits per heavy atom. The first-order chi connectivity index (χ1) is 7.45. The lowest BCUT2D eigenvalue weighted by Crippen LogP contribution is -2.15. The van der Waals surface area contributed by atoms with Crippen molar-refractivity contribution in [2.75, 3.05) is 0 Å². The quantitative estimate of drug-likeness (QED) is 0.800. The van der Waals surface area contributed by atoms with Crippen LogP contribution < -0.4 is 5.56 Å². The predicted octanol–water partition coefficient (Wildman–Crippen LogP) is 0.811. The Hall–Kier alpha value is -2.23. The summed E-state index contributed by atoms with van der Waals surface area (Å²) in [5.41, 5.74) is -2.46. The van der Waals surface area contributed by atoms with Crippen LogP contribution in [0.3, 0.4) is 0 Å². The topological polar surface area (TPSA) is 94.0 Å². The number of pyridine rings is 1. The molecule has 0 radical (unpaired) electrons. The van der Waals surface area contributed by atoms with Gasteiger partial charge in [0.1, 0.15) is 11.8 Å². The SMILES string of the molecule is N#Cc1[nH]c(=O)cc(CC(=O)O)c1C(F)F. The average Bonchev–Trinajstić information content (AvgIpc) is 2.14. The Morgan fingerprint density at radius 1 is 1.62 bits per heavy atom. The summed E-state index contributed by atoms with van der Waals surface area (Å²) in [4.78, 5) is 23.3. The van der Waals surface area contributed by atoms with Crippen molar-refractivity contribution in [3.05, 3.63) is 33.2 Å². The highest BCUT2D eigenvalue weighted by Crippen LogP contribution is 2.24. The van der Waals surface area contributed by atoms with Gasteiger partial charge in [-0.1, -0.05) is 0 Å². The van der Waals surface area contributed by atoms with Crippen LogP contribution in [-0.4, -0.2) is 16.1 Å². The van der Waals surface area contributed by atoms with E-state index in [0.717, 1.165) is 6.07 Å². The molecule has 0 spiro atoms. The Kier molecular flexibility index (Phi) is 3.35. The Balaban J connectivity index is 3.45. The van der Waals surface area contributed by atoms with Gasteiger partial charge in [0.15, 0.2) is 0 Å². The number of carboxylic acid groups (broad SMARTS) is 1. The smallest absolute Gasteiger partial charge is 0.307 e. The maximum Gasteiger partial charge on any atom is 0.307 e. The summed E-state index contributed by atoms with van der Waals surface area (Å²) >= 11 is 0. The van der Waals surface area contributed by atoms with Gasteiger partial charge in [-0.15, -0.1) is 0 Å². The molecule has 0 aliphatic rings. The number of rotatable bonds is 3. The molecule has 1 aromatic heterocycles. The van der Waals surface area contributed by atoms with Gasteiger partial charge in [-0.05, 0) is 5.56 Å². The molecular formula is C9H6F2N2O3. The Labute approximate surface area is 88.0 Å². The summed E-state index contributed by atoms with van der Waals surface area (Å²) < 4.78 is 25.2. The van der Waals surface area contributed by atoms with E-state index in [2.05, 4.69) is 0 Å². The van der Waals surface area contributed by atoms with E-state index in [-0.39, 0.29) is 5.56 Å². The molecule has 0 amide bonds. The highest BCUT2D eigenvalue weighted by atomic mass is 19.3. The predicted molar refractivity (Wildman–Crippen MR) is 48.1 cm³/mol. The maximum absolute atomic E-state index is 12.6. The van der Waals surface area contributed by atoms with Crippen LogP contribution >= 0.6 is 0 Å². The molecular weight excluding hydrogens is 222 g/mol. The van der Waals surface area contributed by atoms with Gasteiger partial charge in [0.2, 0.25) is 5.56 Å². The monoisotopic (exact) mass is 228 g/mol. The third kappa shape index (κ3) is 2.42. The van der Waals surface area contributed by atoms with Crippen molar-refractivity contribution in [2.24, 2.45) is 0 Å². The highest BCUT2D eigenvalue weighted by Gasteiger charge is 2.20. The van der Waals surface area contributed by atoms with Crippen LogP contribution in [0.15, 0.2) is 10.9 Å². The van der Waals surface area contributed by atoms with E-state index in [1.165, 1.54) is 6.07 Å². The fourth-order valence-electron chi connectivity index (χ4n) is 1.27. The number of hydrogen-bond acceptors (Lipinski definition) is 3. The second-order valence-electron chi connectivity index (χ2n) is 2.93. The fraction of sp³-hybridized carbons (Fsp3) is 0.222. The molecule has 0 bridgehead atoms. The molecule has 0 saturated heterocycles. The number of hydrogen-bond donors (Lipinski definition) is 2. The number of aliphatic carboxylic acids is 1. The minimum Gasteiger partial charge on any atom is -0.481 e. The summed E-state index contributed by atoms with van der Waals surface area (Å²) in [5.74, 6) is -1.35. The molecule has 0 saturated carbocycles. The van der Waals surface area contributed by atoms with E-state index in [9.17, 15) is 18.4 Å². The van der Waals surface area contributed by atoms with Gasteiger partial charge in [-0.25, -0.2) is 8.78 Å². The molecule has 5 nitrogen and oxygen atoms in total. The lowest BCUT2D eigenvalue weighted by Gasteiger charge is -2.07. The van der Waals surface area contributed by atoms with Crippen molar-refractivity contribution < 1.29 is 18.7 Å². The van der Waals surface area contributed by atoms with Crippen molar-refractivity contribution in [1.29, 1.82) is 5.26 Å². The van der Waals surface area contributed by atoms with Crippen molar-refractivity contribution >= 4 is 5.97 Å². The normalized spacial score (nSPS) is 10.1. The van der Waals surface area contributed by atoms with E-state index in [0.29, 0.717) is 0 Å². The van der Waals surface area contributed by atoms with Crippen LogP contribution in [0.2, 0.25) is 0 Å². The molecule has 2 N–H and O–H groups in total. The molecule has 0 atom stereocenters. The minimum atomic E-state index is -3.01. The van der Waals surface area contributed by atoms with E-state index < -0.39 is 35.6 Å². The molecule has 0 aliphatic carbocycles. The van der Waals surface area contributed by atoms with Crippen LogP contribution in [-0.2, 0) is 11.2 Å². The van der Waals surface area contributed by atoms with E-state index >= 15 is 0 Å². The lowest BCUT2D eigenvalue weighted by molar-refractivity contribution is -0.136. The van der Waals surface area contributed by atoms with E-state index in [1.54, 1.807) is 0 Å². The van der Waals surface area contributed by atoms with Crippen molar-refractivity contribution in [3.63, 3.8) is 0 Å². The zero-order chi connectivity index (χ0) is 12.3. The van der Waals surface area contributed by atoms with Gasteiger partial charge >= 0.3 is 5.97 Å². The molecule has 1 heterocycles. The number of alkyl halides is 2. The third-order valence-corrected chi connectivity index (χ3v) is 1.84. The second-order valence-corrected chi connectivity index (χ2v) is 2.93. The second kappa shape index (κ2) is 4.53. The largest absolute Gasteiger partial charge is 0.481 e. The summed E-state index contributed by atoms with van der Waals surface area (Å²) in [6.45, 7) is 0. The molecule has 1 rings (SSSR count). The first-order valence-electron chi connectivity index (χ1n) is 4.12. The highest BCUT2D eigenvalue weighted by molar-refractivity contribution is 5.71. The van der Waals surface area contributed by atoms with Crippen LogP contribution in [0.4, 0.5) is 8.78 Å². The first-order valence-corrected chi connectivity index (χ1v) is 4.12. The number of aromatic nitrogens is 1. The average molecular weight is 228 g/mol. The summed E-state index contributed by atoms with van der Waals surface area (Å²) in [6, 6.07) is 2.16. The van der Waals surface area contributed by atoms with Gasteiger partial charge in [0.25, 0.3) is 6.43 Å². The lowest BCUT2D eigenvalue weighted by atomic mass is 10.0. The zero-order valence-corrected chi connectivity index (χ0v) is 7.83. The molecule has 84 valence electrons. The fourth-order valence-corrected chi connectivity index (χ4v) is 1.27. The van der Waals surface area contributed by atoms with Crippen molar-refractivity contribution in [2.45, 2.75) is 12.8 Å². The van der Waals surface area contributed by atoms with Gasteiger partial charge < -0.3 is 10.1 Å². The molecule has 1 aromatic rings. The van der Waals surface area contributed by atoms with Gasteiger partial charge in [-0.2, -0.15) is 5.26 Å². The van der Waals surface area contributed by atoms with Crippen LogP contribution in [0, 0.1) is 11.3 Å². The number of nitrogens with one attached hydrogen (secondary N) is 1.